The summed E-state index contributed by atoms with van der Waals surface area (Å²) in [7, 11) is 1.77. The molecule has 0 spiro atoms. The molecule has 8 nitrogen and oxygen atoms in total. The summed E-state index contributed by atoms with van der Waals surface area (Å²) >= 11 is 0. The van der Waals surface area contributed by atoms with Gasteiger partial charge in [-0.05, 0) is 25.8 Å². The second-order valence-electron chi connectivity index (χ2n) is 4.89. The van der Waals surface area contributed by atoms with Gasteiger partial charge in [-0.1, -0.05) is 5.16 Å². The van der Waals surface area contributed by atoms with Crippen molar-refractivity contribution in [3.8, 4) is 0 Å². The Hall–Kier alpha value is -1.65. The van der Waals surface area contributed by atoms with Gasteiger partial charge in [-0.25, -0.2) is 0 Å². The SMILES string of the molecule is CN=C(NCCCc1nc(C)no1)NCCCn1cccn1.I. The van der Waals surface area contributed by atoms with E-state index in [0.29, 0.717) is 11.7 Å². The molecule has 128 valence electrons. The van der Waals surface area contributed by atoms with Gasteiger partial charge in [0.25, 0.3) is 0 Å². The second kappa shape index (κ2) is 11.0. The summed E-state index contributed by atoms with van der Waals surface area (Å²) in [6.07, 6.45) is 6.43. The van der Waals surface area contributed by atoms with Gasteiger partial charge >= 0.3 is 0 Å². The van der Waals surface area contributed by atoms with Crippen LogP contribution in [-0.2, 0) is 13.0 Å². The number of aliphatic imine (C=N–C) groups is 1. The third-order valence-corrected chi connectivity index (χ3v) is 3.07. The Morgan fingerprint density at radius 2 is 2.09 bits per heavy atom. The average molecular weight is 433 g/mol. The van der Waals surface area contributed by atoms with E-state index in [9.17, 15) is 0 Å². The van der Waals surface area contributed by atoms with E-state index >= 15 is 0 Å². The van der Waals surface area contributed by atoms with Gasteiger partial charge in [0.15, 0.2) is 11.8 Å². The number of aromatic nitrogens is 4. The third-order valence-electron chi connectivity index (χ3n) is 3.07. The van der Waals surface area contributed by atoms with Gasteiger partial charge in [-0.2, -0.15) is 10.1 Å². The summed E-state index contributed by atoms with van der Waals surface area (Å²) in [5.74, 6) is 2.17. The molecule has 2 N–H and O–H groups in total. The maximum absolute atomic E-state index is 5.07. The van der Waals surface area contributed by atoms with Crippen LogP contribution in [0.2, 0.25) is 0 Å². The zero-order valence-electron chi connectivity index (χ0n) is 13.5. The van der Waals surface area contributed by atoms with Crippen LogP contribution in [0.4, 0.5) is 0 Å². The van der Waals surface area contributed by atoms with E-state index in [1.54, 1.807) is 13.2 Å². The zero-order chi connectivity index (χ0) is 15.6. The second-order valence-corrected chi connectivity index (χ2v) is 4.89. The highest BCUT2D eigenvalue weighted by Crippen LogP contribution is 1.98. The van der Waals surface area contributed by atoms with Crippen molar-refractivity contribution in [1.82, 2.24) is 30.6 Å². The molecule has 0 amide bonds. The first kappa shape index (κ1) is 19.4. The molecular weight excluding hydrogens is 409 g/mol. The molecule has 0 bridgehead atoms. The van der Waals surface area contributed by atoms with E-state index in [2.05, 4.69) is 30.9 Å². The molecule has 2 aromatic rings. The van der Waals surface area contributed by atoms with Crippen LogP contribution >= 0.6 is 24.0 Å². The first-order valence-electron chi connectivity index (χ1n) is 7.49. The number of aryl methyl sites for hydroxylation is 3. The molecule has 0 aliphatic heterocycles. The Kier molecular flexibility index (Phi) is 9.25. The van der Waals surface area contributed by atoms with Gasteiger partial charge in [0.2, 0.25) is 5.89 Å². The van der Waals surface area contributed by atoms with E-state index in [1.807, 2.05) is 23.9 Å². The Morgan fingerprint density at radius 3 is 2.70 bits per heavy atom. The summed E-state index contributed by atoms with van der Waals surface area (Å²) in [6.45, 7) is 4.37. The van der Waals surface area contributed by atoms with Crippen LogP contribution in [0, 0.1) is 6.92 Å². The topological polar surface area (TPSA) is 93.2 Å². The van der Waals surface area contributed by atoms with Crippen molar-refractivity contribution in [2.24, 2.45) is 4.99 Å². The molecule has 0 radical (unpaired) electrons. The van der Waals surface area contributed by atoms with Crippen LogP contribution in [0.1, 0.15) is 24.6 Å². The maximum Gasteiger partial charge on any atom is 0.226 e. The van der Waals surface area contributed by atoms with Crippen molar-refractivity contribution in [2.75, 3.05) is 20.1 Å². The molecule has 0 aliphatic carbocycles. The summed E-state index contributed by atoms with van der Waals surface area (Å²) in [5.41, 5.74) is 0. The Morgan fingerprint density at radius 1 is 1.30 bits per heavy atom. The fourth-order valence-electron chi connectivity index (χ4n) is 1.99. The quantitative estimate of drug-likeness (QED) is 0.283. The van der Waals surface area contributed by atoms with Crippen molar-refractivity contribution in [3.05, 3.63) is 30.2 Å². The van der Waals surface area contributed by atoms with Gasteiger partial charge in [0.1, 0.15) is 0 Å². The molecule has 0 atom stereocenters. The highest BCUT2D eigenvalue weighted by Gasteiger charge is 2.02. The zero-order valence-corrected chi connectivity index (χ0v) is 15.9. The monoisotopic (exact) mass is 433 g/mol. The number of nitrogens with zero attached hydrogens (tertiary/aromatic N) is 5. The van der Waals surface area contributed by atoms with E-state index < -0.39 is 0 Å². The molecule has 2 aromatic heterocycles. The lowest BCUT2D eigenvalue weighted by molar-refractivity contribution is 0.372. The van der Waals surface area contributed by atoms with E-state index in [-0.39, 0.29) is 24.0 Å². The van der Waals surface area contributed by atoms with Crippen LogP contribution in [-0.4, -0.2) is 46.0 Å². The molecule has 0 unspecified atom stereocenters. The number of rotatable bonds is 8. The standard InChI is InChI=1S/C14H23N7O.HI/c1-12-19-13(22-20-12)6-3-7-16-14(15-2)17-8-4-10-21-11-5-9-18-21;/h5,9,11H,3-4,6-8,10H2,1-2H3,(H2,15,16,17);1H. The number of guanidine groups is 1. The van der Waals surface area contributed by atoms with Crippen LogP contribution in [0.5, 0.6) is 0 Å². The fourth-order valence-corrected chi connectivity index (χ4v) is 1.99. The minimum Gasteiger partial charge on any atom is -0.356 e. The minimum absolute atomic E-state index is 0. The Balaban J connectivity index is 0.00000264. The lowest BCUT2D eigenvalue weighted by atomic mass is 10.3. The highest BCUT2D eigenvalue weighted by molar-refractivity contribution is 14.0. The lowest BCUT2D eigenvalue weighted by Gasteiger charge is -2.11. The smallest absolute Gasteiger partial charge is 0.226 e. The molecular formula is C14H24IN7O. The summed E-state index contributed by atoms with van der Waals surface area (Å²) in [4.78, 5) is 8.36. The number of hydrogen-bond acceptors (Lipinski definition) is 5. The molecule has 2 rings (SSSR count). The molecule has 0 aromatic carbocycles. The molecule has 0 saturated heterocycles. The van der Waals surface area contributed by atoms with Crippen molar-refractivity contribution in [1.29, 1.82) is 0 Å². The van der Waals surface area contributed by atoms with Crippen molar-refractivity contribution >= 4 is 29.9 Å². The summed E-state index contributed by atoms with van der Waals surface area (Å²) in [5, 5.41) is 14.5. The molecule has 2 heterocycles. The largest absolute Gasteiger partial charge is 0.356 e. The Bertz CT molecular complexity index is 567. The minimum atomic E-state index is 0. The highest BCUT2D eigenvalue weighted by atomic mass is 127. The number of hydrogen-bond donors (Lipinski definition) is 2. The molecule has 23 heavy (non-hydrogen) atoms. The molecule has 9 heteroatoms. The average Bonchev–Trinajstić information content (AvgIpc) is 3.17. The van der Waals surface area contributed by atoms with Crippen LogP contribution in [0.15, 0.2) is 28.0 Å². The molecule has 0 fully saturated rings. The van der Waals surface area contributed by atoms with Gasteiger partial charge in [0, 0.05) is 45.5 Å². The first-order chi connectivity index (χ1) is 10.8. The first-order valence-corrected chi connectivity index (χ1v) is 7.49. The predicted molar refractivity (Wildman–Crippen MR) is 99.0 cm³/mol. The number of nitrogens with one attached hydrogen (secondary N) is 2. The van der Waals surface area contributed by atoms with Crippen molar-refractivity contribution < 1.29 is 4.52 Å². The van der Waals surface area contributed by atoms with Crippen LogP contribution in [0.3, 0.4) is 0 Å². The fraction of sp³-hybridized carbons (Fsp3) is 0.571. The van der Waals surface area contributed by atoms with Gasteiger partial charge in [0.05, 0.1) is 0 Å². The number of halogens is 1. The maximum atomic E-state index is 5.07. The Labute approximate surface area is 153 Å². The van der Waals surface area contributed by atoms with E-state index in [0.717, 1.165) is 44.9 Å². The van der Waals surface area contributed by atoms with Crippen molar-refractivity contribution in [2.45, 2.75) is 32.7 Å². The summed E-state index contributed by atoms with van der Waals surface area (Å²) < 4.78 is 6.99. The van der Waals surface area contributed by atoms with E-state index in [1.165, 1.54) is 0 Å². The molecule has 0 saturated carbocycles. The van der Waals surface area contributed by atoms with Crippen molar-refractivity contribution in [3.63, 3.8) is 0 Å². The predicted octanol–water partition coefficient (Wildman–Crippen LogP) is 1.38. The van der Waals surface area contributed by atoms with Crippen LogP contribution < -0.4 is 10.6 Å². The van der Waals surface area contributed by atoms with Crippen LogP contribution in [0.25, 0.3) is 0 Å². The van der Waals surface area contributed by atoms with Gasteiger partial charge in [-0.3, -0.25) is 9.67 Å². The van der Waals surface area contributed by atoms with Gasteiger partial charge < -0.3 is 15.2 Å². The molecule has 0 aliphatic rings. The normalized spacial score (nSPS) is 11.1. The summed E-state index contributed by atoms with van der Waals surface area (Å²) in [6, 6.07) is 1.93. The lowest BCUT2D eigenvalue weighted by Crippen LogP contribution is -2.38. The van der Waals surface area contributed by atoms with Gasteiger partial charge in [-0.15, -0.1) is 24.0 Å². The van der Waals surface area contributed by atoms with E-state index in [4.69, 9.17) is 4.52 Å². The third kappa shape index (κ3) is 7.44.